The van der Waals surface area contributed by atoms with E-state index >= 15 is 0 Å². The van der Waals surface area contributed by atoms with Crippen molar-refractivity contribution in [1.29, 1.82) is 0 Å². The third-order valence-electron chi connectivity index (χ3n) is 4.10. The molecular formula is C16H27N3O. The molecular weight excluding hydrogens is 250 g/mol. The first kappa shape index (κ1) is 14.9. The number of nitrogen functional groups attached to an aromatic ring is 1. The Morgan fingerprint density at radius 2 is 2.05 bits per heavy atom. The molecule has 0 aliphatic heterocycles. The van der Waals surface area contributed by atoms with E-state index in [1.54, 1.807) is 0 Å². The van der Waals surface area contributed by atoms with Crippen molar-refractivity contribution in [2.75, 3.05) is 17.6 Å². The Hall–Kier alpha value is -1.45. The number of hydrogen-bond acceptors (Lipinski definition) is 4. The van der Waals surface area contributed by atoms with Gasteiger partial charge in [-0.15, -0.1) is 0 Å². The Morgan fingerprint density at radius 3 is 2.55 bits per heavy atom. The average Bonchev–Trinajstić information content (AvgIpc) is 2.30. The summed E-state index contributed by atoms with van der Waals surface area (Å²) in [6.07, 6.45) is 5.21. The number of nitrogens with one attached hydrogen (secondary N) is 1. The van der Waals surface area contributed by atoms with Gasteiger partial charge in [0.05, 0.1) is 5.69 Å². The van der Waals surface area contributed by atoms with Gasteiger partial charge in [-0.3, -0.25) is 0 Å². The molecule has 1 aromatic heterocycles. The molecule has 0 amide bonds. The third-order valence-corrected chi connectivity index (χ3v) is 4.10. The van der Waals surface area contributed by atoms with Crippen LogP contribution in [-0.2, 0) is 0 Å². The topological polar surface area (TPSA) is 60.2 Å². The molecule has 0 spiro atoms. The monoisotopic (exact) mass is 277 g/mol. The number of anilines is 2. The minimum absolute atomic E-state index is 0.293. The highest BCUT2D eigenvalue weighted by Gasteiger charge is 2.34. The van der Waals surface area contributed by atoms with Crippen LogP contribution in [0.15, 0.2) is 12.1 Å². The van der Waals surface area contributed by atoms with E-state index in [9.17, 15) is 0 Å². The lowest BCUT2D eigenvalue weighted by Gasteiger charge is -2.41. The van der Waals surface area contributed by atoms with Gasteiger partial charge in [-0.25, -0.2) is 0 Å². The molecule has 1 saturated carbocycles. The van der Waals surface area contributed by atoms with Crippen molar-refractivity contribution < 1.29 is 4.74 Å². The SMILES string of the molecule is CCC1(CNc2ccc(N)c(OC(C)(C)C)n2)CCC1. The summed E-state index contributed by atoms with van der Waals surface area (Å²) < 4.78 is 5.80. The summed E-state index contributed by atoms with van der Waals surface area (Å²) >= 11 is 0. The van der Waals surface area contributed by atoms with Crippen LogP contribution in [0.25, 0.3) is 0 Å². The van der Waals surface area contributed by atoms with Crippen molar-refractivity contribution >= 4 is 11.5 Å². The van der Waals surface area contributed by atoms with Crippen molar-refractivity contribution in [3.05, 3.63) is 12.1 Å². The predicted molar refractivity (Wildman–Crippen MR) is 84.1 cm³/mol. The predicted octanol–water partition coefficient (Wildman–Crippen LogP) is 3.83. The molecule has 4 heteroatoms. The lowest BCUT2D eigenvalue weighted by molar-refractivity contribution is 0.125. The molecule has 20 heavy (non-hydrogen) atoms. The number of ether oxygens (including phenoxy) is 1. The number of pyridine rings is 1. The van der Waals surface area contributed by atoms with Gasteiger partial charge in [0.25, 0.3) is 0 Å². The lowest BCUT2D eigenvalue weighted by atomic mass is 9.67. The van der Waals surface area contributed by atoms with E-state index in [0.717, 1.165) is 12.4 Å². The zero-order valence-corrected chi connectivity index (χ0v) is 13.1. The van der Waals surface area contributed by atoms with Gasteiger partial charge in [-0.1, -0.05) is 13.3 Å². The molecule has 0 atom stereocenters. The smallest absolute Gasteiger partial charge is 0.239 e. The largest absolute Gasteiger partial charge is 0.470 e. The summed E-state index contributed by atoms with van der Waals surface area (Å²) in [7, 11) is 0. The molecule has 1 aliphatic rings. The van der Waals surface area contributed by atoms with Gasteiger partial charge in [0.2, 0.25) is 5.88 Å². The fourth-order valence-electron chi connectivity index (χ4n) is 2.53. The van der Waals surface area contributed by atoms with Crippen molar-refractivity contribution in [3.8, 4) is 5.88 Å². The Labute approximate surface area is 122 Å². The molecule has 0 unspecified atom stereocenters. The number of aromatic nitrogens is 1. The van der Waals surface area contributed by atoms with Crippen LogP contribution >= 0.6 is 0 Å². The van der Waals surface area contributed by atoms with Crippen molar-refractivity contribution in [2.24, 2.45) is 5.41 Å². The lowest BCUT2D eigenvalue weighted by Crippen LogP contribution is -2.36. The van der Waals surface area contributed by atoms with Crippen LogP contribution in [0.2, 0.25) is 0 Å². The molecule has 112 valence electrons. The molecule has 0 radical (unpaired) electrons. The van der Waals surface area contributed by atoms with Crippen LogP contribution in [-0.4, -0.2) is 17.1 Å². The van der Waals surface area contributed by atoms with Crippen LogP contribution < -0.4 is 15.8 Å². The Kier molecular flexibility index (Phi) is 4.11. The van der Waals surface area contributed by atoms with Crippen LogP contribution in [0.5, 0.6) is 5.88 Å². The molecule has 4 nitrogen and oxygen atoms in total. The van der Waals surface area contributed by atoms with Crippen LogP contribution in [0.3, 0.4) is 0 Å². The van der Waals surface area contributed by atoms with Gasteiger partial charge in [-0.2, -0.15) is 4.98 Å². The van der Waals surface area contributed by atoms with Crippen LogP contribution in [0.4, 0.5) is 11.5 Å². The molecule has 1 heterocycles. The summed E-state index contributed by atoms with van der Waals surface area (Å²) in [6.45, 7) is 9.23. The fraction of sp³-hybridized carbons (Fsp3) is 0.688. The van der Waals surface area contributed by atoms with E-state index in [0.29, 0.717) is 17.0 Å². The number of hydrogen-bond donors (Lipinski definition) is 2. The highest BCUT2D eigenvalue weighted by Crippen LogP contribution is 2.43. The Bertz CT molecular complexity index is 456. The van der Waals surface area contributed by atoms with Gasteiger partial charge >= 0.3 is 0 Å². The zero-order chi connectivity index (χ0) is 14.8. The highest BCUT2D eigenvalue weighted by molar-refractivity contribution is 5.53. The van der Waals surface area contributed by atoms with E-state index in [4.69, 9.17) is 10.5 Å². The maximum Gasteiger partial charge on any atom is 0.239 e. The van der Waals surface area contributed by atoms with Gasteiger partial charge in [0, 0.05) is 6.54 Å². The van der Waals surface area contributed by atoms with E-state index in [-0.39, 0.29) is 5.60 Å². The summed E-state index contributed by atoms with van der Waals surface area (Å²) in [6, 6.07) is 3.78. The van der Waals surface area contributed by atoms with E-state index in [2.05, 4.69) is 17.2 Å². The molecule has 0 bridgehead atoms. The maximum atomic E-state index is 5.93. The molecule has 2 rings (SSSR count). The number of nitrogens with two attached hydrogens (primary N) is 1. The third kappa shape index (κ3) is 3.56. The minimum atomic E-state index is -0.293. The van der Waals surface area contributed by atoms with Gasteiger partial charge in [0.1, 0.15) is 11.4 Å². The minimum Gasteiger partial charge on any atom is -0.470 e. The molecule has 0 aromatic carbocycles. The average molecular weight is 277 g/mol. The van der Waals surface area contributed by atoms with E-state index in [1.807, 2.05) is 32.9 Å². The van der Waals surface area contributed by atoms with Crippen molar-refractivity contribution in [2.45, 2.75) is 59.0 Å². The maximum absolute atomic E-state index is 5.93. The first-order valence-corrected chi connectivity index (χ1v) is 7.53. The van der Waals surface area contributed by atoms with Gasteiger partial charge in [-0.05, 0) is 57.6 Å². The van der Waals surface area contributed by atoms with E-state index < -0.39 is 0 Å². The van der Waals surface area contributed by atoms with Crippen molar-refractivity contribution in [1.82, 2.24) is 4.98 Å². The zero-order valence-electron chi connectivity index (χ0n) is 13.1. The first-order valence-electron chi connectivity index (χ1n) is 7.53. The molecule has 1 fully saturated rings. The molecule has 1 aromatic rings. The summed E-state index contributed by atoms with van der Waals surface area (Å²) in [4.78, 5) is 4.50. The standard InChI is InChI=1S/C16H27N3O/c1-5-16(9-6-10-16)11-18-13-8-7-12(17)14(19-13)20-15(2,3)4/h7-8H,5-6,9-11,17H2,1-4H3,(H,18,19). The molecule has 3 N–H and O–H groups in total. The van der Waals surface area contributed by atoms with Gasteiger partial charge < -0.3 is 15.8 Å². The Morgan fingerprint density at radius 1 is 1.35 bits per heavy atom. The summed E-state index contributed by atoms with van der Waals surface area (Å²) in [5.41, 5.74) is 6.68. The molecule has 1 aliphatic carbocycles. The second-order valence-electron chi connectivity index (χ2n) is 6.87. The summed E-state index contributed by atoms with van der Waals surface area (Å²) in [5.74, 6) is 1.36. The van der Waals surface area contributed by atoms with Crippen LogP contribution in [0, 0.1) is 5.41 Å². The molecule has 0 saturated heterocycles. The second kappa shape index (κ2) is 5.51. The number of rotatable bonds is 5. The fourth-order valence-corrected chi connectivity index (χ4v) is 2.53. The quantitative estimate of drug-likeness (QED) is 0.858. The first-order chi connectivity index (χ1) is 9.34. The van der Waals surface area contributed by atoms with Crippen LogP contribution in [0.1, 0.15) is 53.4 Å². The normalized spacial score (nSPS) is 17.4. The van der Waals surface area contributed by atoms with E-state index in [1.165, 1.54) is 25.7 Å². The van der Waals surface area contributed by atoms with Crippen molar-refractivity contribution in [3.63, 3.8) is 0 Å². The highest BCUT2D eigenvalue weighted by atomic mass is 16.5. The summed E-state index contributed by atoms with van der Waals surface area (Å²) in [5, 5.41) is 3.45. The Balaban J connectivity index is 2.03. The van der Waals surface area contributed by atoms with Gasteiger partial charge in [0.15, 0.2) is 0 Å². The number of nitrogens with zero attached hydrogens (tertiary/aromatic N) is 1. The second-order valence-corrected chi connectivity index (χ2v) is 6.87.